The molecule has 2 unspecified atom stereocenters. The van der Waals surface area contributed by atoms with Crippen molar-refractivity contribution >= 4 is 17.5 Å². The predicted molar refractivity (Wildman–Crippen MR) is 105 cm³/mol. The average molecular weight is 371 g/mol. The molecule has 27 heavy (non-hydrogen) atoms. The van der Waals surface area contributed by atoms with E-state index in [2.05, 4.69) is 10.6 Å². The van der Waals surface area contributed by atoms with Crippen LogP contribution in [0, 0.1) is 5.82 Å². The Hall–Kier alpha value is -2.73. The molecule has 2 amide bonds. The standard InChI is InChI=1S/C21H26FN3O2/c1-4-13-21(3,23)20(27)24-14(2)15-7-11-18(12-8-15)25-19(26)16-5-9-17(22)10-6-16/h5-12,14H,4,13,23H2,1-3H3,(H,24,27)(H,25,26). The Morgan fingerprint density at radius 2 is 1.70 bits per heavy atom. The second kappa shape index (κ2) is 8.77. The highest BCUT2D eigenvalue weighted by Crippen LogP contribution is 2.18. The molecule has 0 saturated carbocycles. The van der Waals surface area contributed by atoms with Crippen LogP contribution in [-0.2, 0) is 4.79 Å². The molecular weight excluding hydrogens is 345 g/mol. The van der Waals surface area contributed by atoms with Crippen LogP contribution in [-0.4, -0.2) is 17.4 Å². The summed E-state index contributed by atoms with van der Waals surface area (Å²) in [6.45, 7) is 5.60. The van der Waals surface area contributed by atoms with Gasteiger partial charge in [0.2, 0.25) is 5.91 Å². The number of anilines is 1. The molecule has 0 aliphatic carbocycles. The van der Waals surface area contributed by atoms with Crippen LogP contribution < -0.4 is 16.4 Å². The average Bonchev–Trinajstić information content (AvgIpc) is 2.62. The van der Waals surface area contributed by atoms with Gasteiger partial charge in [0.05, 0.1) is 11.6 Å². The number of nitrogens with two attached hydrogens (primary N) is 1. The molecule has 0 bridgehead atoms. The highest BCUT2D eigenvalue weighted by atomic mass is 19.1. The van der Waals surface area contributed by atoms with Crippen molar-refractivity contribution in [2.24, 2.45) is 5.73 Å². The van der Waals surface area contributed by atoms with Crippen molar-refractivity contribution in [3.8, 4) is 0 Å². The summed E-state index contributed by atoms with van der Waals surface area (Å²) in [5.74, 6) is -0.896. The van der Waals surface area contributed by atoms with Crippen molar-refractivity contribution in [3.05, 3.63) is 65.5 Å². The monoisotopic (exact) mass is 371 g/mol. The van der Waals surface area contributed by atoms with Crippen molar-refractivity contribution in [1.29, 1.82) is 0 Å². The molecule has 0 fully saturated rings. The summed E-state index contributed by atoms with van der Waals surface area (Å²) < 4.78 is 12.9. The van der Waals surface area contributed by atoms with Crippen molar-refractivity contribution in [1.82, 2.24) is 5.32 Å². The highest BCUT2D eigenvalue weighted by Gasteiger charge is 2.28. The fourth-order valence-electron chi connectivity index (χ4n) is 2.74. The summed E-state index contributed by atoms with van der Waals surface area (Å²) in [6, 6.07) is 12.3. The van der Waals surface area contributed by atoms with Gasteiger partial charge < -0.3 is 16.4 Å². The minimum Gasteiger partial charge on any atom is -0.348 e. The van der Waals surface area contributed by atoms with E-state index < -0.39 is 5.54 Å². The van der Waals surface area contributed by atoms with Crippen LogP contribution >= 0.6 is 0 Å². The first-order chi connectivity index (χ1) is 12.7. The molecule has 0 spiro atoms. The summed E-state index contributed by atoms with van der Waals surface area (Å²) in [5, 5.41) is 5.68. The van der Waals surface area contributed by atoms with Crippen LogP contribution in [0.4, 0.5) is 10.1 Å². The van der Waals surface area contributed by atoms with E-state index in [0.29, 0.717) is 17.7 Å². The van der Waals surface area contributed by atoms with Gasteiger partial charge in [0.25, 0.3) is 5.91 Å². The third-order valence-electron chi connectivity index (χ3n) is 4.41. The molecule has 0 aliphatic heterocycles. The number of halogens is 1. The summed E-state index contributed by atoms with van der Waals surface area (Å²) >= 11 is 0. The third kappa shape index (κ3) is 5.62. The van der Waals surface area contributed by atoms with Crippen molar-refractivity contribution < 1.29 is 14.0 Å². The van der Waals surface area contributed by atoms with Crippen LogP contribution in [0.1, 0.15) is 55.6 Å². The van der Waals surface area contributed by atoms with Crippen LogP contribution in [0.3, 0.4) is 0 Å². The van der Waals surface area contributed by atoms with Crippen molar-refractivity contribution in [2.75, 3.05) is 5.32 Å². The van der Waals surface area contributed by atoms with Crippen LogP contribution in [0.2, 0.25) is 0 Å². The Bertz CT molecular complexity index is 786. The number of hydrogen-bond donors (Lipinski definition) is 3. The van der Waals surface area contributed by atoms with Gasteiger partial charge in [0.15, 0.2) is 0 Å². The molecule has 2 rings (SSSR count). The van der Waals surface area contributed by atoms with Gasteiger partial charge in [-0.1, -0.05) is 25.5 Å². The van der Waals surface area contributed by atoms with Gasteiger partial charge in [-0.3, -0.25) is 9.59 Å². The molecule has 2 atom stereocenters. The van der Waals surface area contributed by atoms with E-state index in [0.717, 1.165) is 12.0 Å². The summed E-state index contributed by atoms with van der Waals surface area (Å²) in [6.07, 6.45) is 1.44. The molecule has 5 nitrogen and oxygen atoms in total. The first kappa shape index (κ1) is 20.6. The molecule has 2 aromatic rings. The van der Waals surface area contributed by atoms with E-state index in [1.807, 2.05) is 26.0 Å². The number of carbonyl (C=O) groups excluding carboxylic acids is 2. The van der Waals surface area contributed by atoms with Gasteiger partial charge in [-0.05, 0) is 62.2 Å². The Kier molecular flexibility index (Phi) is 6.69. The summed E-state index contributed by atoms with van der Waals surface area (Å²) in [5.41, 5.74) is 7.05. The van der Waals surface area contributed by atoms with Crippen LogP contribution in [0.15, 0.2) is 48.5 Å². The minimum absolute atomic E-state index is 0.189. The Labute approximate surface area is 159 Å². The molecule has 2 aromatic carbocycles. The van der Waals surface area contributed by atoms with E-state index in [1.54, 1.807) is 19.1 Å². The molecule has 0 heterocycles. The summed E-state index contributed by atoms with van der Waals surface area (Å²) in [7, 11) is 0. The minimum atomic E-state index is -0.897. The number of benzene rings is 2. The Morgan fingerprint density at radius 3 is 2.26 bits per heavy atom. The fourth-order valence-corrected chi connectivity index (χ4v) is 2.74. The first-order valence-corrected chi connectivity index (χ1v) is 8.99. The second-order valence-electron chi connectivity index (χ2n) is 6.95. The zero-order valence-corrected chi connectivity index (χ0v) is 15.9. The number of nitrogens with one attached hydrogen (secondary N) is 2. The van der Waals surface area contributed by atoms with E-state index in [1.165, 1.54) is 24.3 Å². The Balaban J connectivity index is 1.98. The first-order valence-electron chi connectivity index (χ1n) is 8.99. The van der Waals surface area contributed by atoms with Gasteiger partial charge in [0.1, 0.15) is 5.82 Å². The predicted octanol–water partition coefficient (Wildman–Crippen LogP) is 3.77. The lowest BCUT2D eigenvalue weighted by Crippen LogP contribution is -2.52. The maximum absolute atomic E-state index is 12.9. The zero-order chi connectivity index (χ0) is 20.0. The van der Waals surface area contributed by atoms with Crippen LogP contribution in [0.5, 0.6) is 0 Å². The smallest absolute Gasteiger partial charge is 0.255 e. The van der Waals surface area contributed by atoms with E-state index in [4.69, 9.17) is 5.73 Å². The molecule has 4 N–H and O–H groups in total. The molecule has 0 radical (unpaired) electrons. The molecule has 144 valence electrons. The van der Waals surface area contributed by atoms with Crippen molar-refractivity contribution in [3.63, 3.8) is 0 Å². The van der Waals surface area contributed by atoms with Gasteiger partial charge in [-0.15, -0.1) is 0 Å². The maximum Gasteiger partial charge on any atom is 0.255 e. The maximum atomic E-state index is 12.9. The topological polar surface area (TPSA) is 84.2 Å². The molecule has 6 heteroatoms. The lowest BCUT2D eigenvalue weighted by molar-refractivity contribution is -0.126. The Morgan fingerprint density at radius 1 is 1.11 bits per heavy atom. The molecule has 0 aromatic heterocycles. The number of rotatable bonds is 7. The quantitative estimate of drug-likeness (QED) is 0.693. The fraction of sp³-hybridized carbons (Fsp3) is 0.333. The van der Waals surface area contributed by atoms with Gasteiger partial charge in [0, 0.05) is 11.3 Å². The van der Waals surface area contributed by atoms with Gasteiger partial charge in [-0.2, -0.15) is 0 Å². The van der Waals surface area contributed by atoms with Gasteiger partial charge in [-0.25, -0.2) is 4.39 Å². The van der Waals surface area contributed by atoms with E-state index >= 15 is 0 Å². The largest absolute Gasteiger partial charge is 0.348 e. The van der Waals surface area contributed by atoms with E-state index in [-0.39, 0.29) is 23.7 Å². The third-order valence-corrected chi connectivity index (χ3v) is 4.41. The zero-order valence-electron chi connectivity index (χ0n) is 15.9. The molecular formula is C21H26FN3O2. The SMILES string of the molecule is CCCC(C)(N)C(=O)NC(C)c1ccc(NC(=O)c2ccc(F)cc2)cc1. The number of amides is 2. The lowest BCUT2D eigenvalue weighted by atomic mass is 9.95. The second-order valence-corrected chi connectivity index (χ2v) is 6.95. The number of carbonyl (C=O) groups is 2. The highest BCUT2D eigenvalue weighted by molar-refractivity contribution is 6.04. The summed E-state index contributed by atoms with van der Waals surface area (Å²) in [4.78, 5) is 24.5. The lowest BCUT2D eigenvalue weighted by Gasteiger charge is -2.25. The molecule has 0 aliphatic rings. The molecule has 0 saturated heterocycles. The van der Waals surface area contributed by atoms with Crippen LogP contribution in [0.25, 0.3) is 0 Å². The normalized spacial score (nSPS) is 14.1. The number of hydrogen-bond acceptors (Lipinski definition) is 3. The van der Waals surface area contributed by atoms with E-state index in [9.17, 15) is 14.0 Å². The van der Waals surface area contributed by atoms with Crippen molar-refractivity contribution in [2.45, 2.75) is 45.2 Å². The van der Waals surface area contributed by atoms with Gasteiger partial charge >= 0.3 is 0 Å².